The third kappa shape index (κ3) is 4.32. The highest BCUT2D eigenvalue weighted by Gasteiger charge is 2.29. The smallest absolute Gasteiger partial charge is 0.244 e. The zero-order valence-corrected chi connectivity index (χ0v) is 15.1. The molecule has 21 heavy (non-hydrogen) atoms. The van der Waals surface area contributed by atoms with Gasteiger partial charge in [0.15, 0.2) is 11.5 Å². The molecule has 0 aliphatic carbocycles. The number of rotatable bonds is 6. The highest BCUT2D eigenvalue weighted by Crippen LogP contribution is 2.36. The molecule has 0 saturated carbocycles. The SMILES string of the molecule is COc1cc(Br)c(S(=O)(=O)N(C)CC(C)(C)O)cc1OC. The van der Waals surface area contributed by atoms with Gasteiger partial charge in [-0.3, -0.25) is 0 Å². The van der Waals surface area contributed by atoms with Crippen molar-refractivity contribution in [2.24, 2.45) is 0 Å². The molecule has 0 unspecified atom stereocenters. The Hall–Kier alpha value is -0.830. The van der Waals surface area contributed by atoms with E-state index in [4.69, 9.17) is 9.47 Å². The van der Waals surface area contributed by atoms with E-state index in [9.17, 15) is 13.5 Å². The second-order valence-corrected chi connectivity index (χ2v) is 8.08. The molecule has 0 fully saturated rings. The van der Waals surface area contributed by atoms with Crippen LogP contribution in [0.3, 0.4) is 0 Å². The molecule has 1 aromatic rings. The fourth-order valence-electron chi connectivity index (χ4n) is 1.83. The molecule has 0 radical (unpaired) electrons. The first-order valence-corrected chi connectivity index (χ1v) is 8.36. The van der Waals surface area contributed by atoms with Crippen molar-refractivity contribution in [2.75, 3.05) is 27.8 Å². The summed E-state index contributed by atoms with van der Waals surface area (Å²) >= 11 is 3.23. The van der Waals surface area contributed by atoms with Gasteiger partial charge in [-0.1, -0.05) is 0 Å². The van der Waals surface area contributed by atoms with Gasteiger partial charge >= 0.3 is 0 Å². The molecule has 0 saturated heterocycles. The van der Waals surface area contributed by atoms with Gasteiger partial charge in [-0.2, -0.15) is 4.31 Å². The lowest BCUT2D eigenvalue weighted by Gasteiger charge is -2.25. The van der Waals surface area contributed by atoms with E-state index in [1.807, 2.05) is 0 Å². The molecule has 0 spiro atoms. The molecular weight excluding hydrogens is 362 g/mol. The number of ether oxygens (including phenoxy) is 2. The predicted molar refractivity (Wildman–Crippen MR) is 83.4 cm³/mol. The van der Waals surface area contributed by atoms with Crippen LogP contribution in [-0.2, 0) is 10.0 Å². The normalized spacial score (nSPS) is 12.6. The van der Waals surface area contributed by atoms with Gasteiger partial charge in [0, 0.05) is 24.1 Å². The number of hydrogen-bond donors (Lipinski definition) is 1. The van der Waals surface area contributed by atoms with Crippen LogP contribution >= 0.6 is 15.9 Å². The first-order valence-electron chi connectivity index (χ1n) is 6.13. The molecule has 6 nitrogen and oxygen atoms in total. The molecule has 0 bridgehead atoms. The molecule has 0 amide bonds. The summed E-state index contributed by atoms with van der Waals surface area (Å²) in [5.41, 5.74) is -1.13. The number of hydrogen-bond acceptors (Lipinski definition) is 5. The van der Waals surface area contributed by atoms with Crippen LogP contribution in [0, 0.1) is 0 Å². The number of benzene rings is 1. The van der Waals surface area contributed by atoms with Crippen molar-refractivity contribution >= 4 is 26.0 Å². The summed E-state index contributed by atoms with van der Waals surface area (Å²) in [6.45, 7) is 3.06. The van der Waals surface area contributed by atoms with Crippen molar-refractivity contribution in [1.29, 1.82) is 0 Å². The first kappa shape index (κ1) is 18.2. The minimum atomic E-state index is -3.77. The van der Waals surface area contributed by atoms with E-state index < -0.39 is 15.6 Å². The fourth-order valence-corrected chi connectivity index (χ4v) is 4.15. The summed E-state index contributed by atoms with van der Waals surface area (Å²) in [7, 11) is 0.548. The second kappa shape index (κ2) is 6.51. The maximum absolute atomic E-state index is 12.6. The first-order chi connectivity index (χ1) is 9.52. The molecule has 1 aromatic carbocycles. The molecular formula is C13H20BrNO5S. The van der Waals surface area contributed by atoms with Gasteiger partial charge in [0.2, 0.25) is 10.0 Å². The molecule has 0 aliphatic rings. The maximum atomic E-state index is 12.6. The Morgan fingerprint density at radius 2 is 1.71 bits per heavy atom. The molecule has 0 atom stereocenters. The number of nitrogens with zero attached hydrogens (tertiary/aromatic N) is 1. The van der Waals surface area contributed by atoms with Gasteiger partial charge in [-0.15, -0.1) is 0 Å². The molecule has 0 aliphatic heterocycles. The van der Waals surface area contributed by atoms with E-state index in [1.54, 1.807) is 13.8 Å². The highest BCUT2D eigenvalue weighted by molar-refractivity contribution is 9.10. The molecule has 1 rings (SSSR count). The standard InChI is InChI=1S/C13H20BrNO5S/c1-13(2,16)8-15(3)21(17,18)12-7-11(20-5)10(19-4)6-9(12)14/h6-7,16H,8H2,1-5H3. The third-order valence-electron chi connectivity index (χ3n) is 2.74. The van der Waals surface area contributed by atoms with Crippen molar-refractivity contribution in [3.05, 3.63) is 16.6 Å². The van der Waals surface area contributed by atoms with Crippen molar-refractivity contribution in [3.63, 3.8) is 0 Å². The molecule has 0 heterocycles. The summed E-state index contributed by atoms with van der Waals surface area (Å²) in [6.07, 6.45) is 0. The Labute approximate surface area is 133 Å². The molecule has 120 valence electrons. The average molecular weight is 382 g/mol. The van der Waals surface area contributed by atoms with E-state index in [0.29, 0.717) is 16.0 Å². The quantitative estimate of drug-likeness (QED) is 0.813. The van der Waals surface area contributed by atoms with E-state index in [-0.39, 0.29) is 11.4 Å². The molecule has 1 N–H and O–H groups in total. The van der Waals surface area contributed by atoms with Crippen LogP contribution < -0.4 is 9.47 Å². The van der Waals surface area contributed by atoms with Gasteiger partial charge < -0.3 is 14.6 Å². The number of likely N-dealkylation sites (N-methyl/N-ethyl adjacent to an activating group) is 1. The molecule has 0 aromatic heterocycles. The van der Waals surface area contributed by atoms with Crippen LogP contribution in [0.15, 0.2) is 21.5 Å². The van der Waals surface area contributed by atoms with Crippen LogP contribution in [0.5, 0.6) is 11.5 Å². The van der Waals surface area contributed by atoms with E-state index >= 15 is 0 Å². The summed E-state index contributed by atoms with van der Waals surface area (Å²) in [6, 6.07) is 2.92. The maximum Gasteiger partial charge on any atom is 0.244 e. The van der Waals surface area contributed by atoms with E-state index in [2.05, 4.69) is 15.9 Å². The zero-order valence-electron chi connectivity index (χ0n) is 12.7. The predicted octanol–water partition coefficient (Wildman–Crippen LogP) is 1.86. The summed E-state index contributed by atoms with van der Waals surface area (Å²) in [5.74, 6) is 0.740. The minimum Gasteiger partial charge on any atom is -0.493 e. The summed E-state index contributed by atoms with van der Waals surface area (Å²) < 4.78 is 36.9. The van der Waals surface area contributed by atoms with Crippen molar-refractivity contribution in [2.45, 2.75) is 24.3 Å². The zero-order chi connectivity index (χ0) is 16.4. The molecule has 8 heteroatoms. The monoisotopic (exact) mass is 381 g/mol. The van der Waals surface area contributed by atoms with Crippen molar-refractivity contribution < 1.29 is 23.0 Å². The van der Waals surface area contributed by atoms with Gasteiger partial charge in [-0.05, 0) is 35.8 Å². The average Bonchev–Trinajstić information content (AvgIpc) is 2.35. The van der Waals surface area contributed by atoms with Gasteiger partial charge in [-0.25, -0.2) is 8.42 Å². The number of aliphatic hydroxyl groups is 1. The lowest BCUT2D eigenvalue weighted by molar-refractivity contribution is 0.0640. The van der Waals surface area contributed by atoms with Gasteiger partial charge in [0.25, 0.3) is 0 Å². The van der Waals surface area contributed by atoms with E-state index in [1.165, 1.54) is 33.4 Å². The topological polar surface area (TPSA) is 76.1 Å². The number of halogens is 1. The Morgan fingerprint density at radius 3 is 2.14 bits per heavy atom. The second-order valence-electron chi connectivity index (χ2n) is 5.21. The van der Waals surface area contributed by atoms with Crippen LogP contribution in [0.25, 0.3) is 0 Å². The van der Waals surface area contributed by atoms with Crippen LogP contribution in [0.4, 0.5) is 0 Å². The van der Waals surface area contributed by atoms with Crippen LogP contribution in [0.2, 0.25) is 0 Å². The Morgan fingerprint density at radius 1 is 1.24 bits per heavy atom. The number of sulfonamides is 1. The summed E-state index contributed by atoms with van der Waals surface area (Å²) in [5, 5.41) is 9.79. The third-order valence-corrected chi connectivity index (χ3v) is 5.50. The van der Waals surface area contributed by atoms with E-state index in [0.717, 1.165) is 4.31 Å². The Kier molecular flexibility index (Phi) is 5.65. The van der Waals surface area contributed by atoms with Crippen LogP contribution in [-0.4, -0.2) is 51.2 Å². The largest absolute Gasteiger partial charge is 0.493 e. The Bertz CT molecular complexity index is 610. The van der Waals surface area contributed by atoms with Crippen molar-refractivity contribution in [3.8, 4) is 11.5 Å². The fraction of sp³-hybridized carbons (Fsp3) is 0.538. The lowest BCUT2D eigenvalue weighted by atomic mass is 10.1. The lowest BCUT2D eigenvalue weighted by Crippen LogP contribution is -2.39. The summed E-state index contributed by atoms with van der Waals surface area (Å²) in [4.78, 5) is 0.0481. The van der Waals surface area contributed by atoms with Crippen molar-refractivity contribution in [1.82, 2.24) is 4.31 Å². The highest BCUT2D eigenvalue weighted by atomic mass is 79.9. The Balaban J connectivity index is 3.32. The van der Waals surface area contributed by atoms with Gasteiger partial charge in [0.1, 0.15) is 4.90 Å². The van der Waals surface area contributed by atoms with Crippen LogP contribution in [0.1, 0.15) is 13.8 Å². The number of methoxy groups -OCH3 is 2. The minimum absolute atomic E-state index is 0.0316. The van der Waals surface area contributed by atoms with Gasteiger partial charge in [0.05, 0.1) is 19.8 Å².